The van der Waals surface area contributed by atoms with Crippen molar-refractivity contribution in [1.29, 1.82) is 0 Å². The van der Waals surface area contributed by atoms with Gasteiger partial charge in [0.1, 0.15) is 12.4 Å². The van der Waals surface area contributed by atoms with Crippen LogP contribution in [0.1, 0.15) is 23.1 Å². The molecule has 2 aromatic carbocycles. The summed E-state index contributed by atoms with van der Waals surface area (Å²) in [5, 5.41) is 0.680. The Morgan fingerprint density at radius 3 is 2.81 bits per heavy atom. The first-order valence-corrected chi connectivity index (χ1v) is 7.83. The van der Waals surface area contributed by atoms with Gasteiger partial charge in [0.25, 0.3) is 0 Å². The van der Waals surface area contributed by atoms with Gasteiger partial charge in [-0.15, -0.1) is 0 Å². The lowest BCUT2D eigenvalue weighted by atomic mass is 10.0. The number of ether oxygens (including phenoxy) is 1. The summed E-state index contributed by atoms with van der Waals surface area (Å²) in [4.78, 5) is 0. The molecule has 0 spiro atoms. The summed E-state index contributed by atoms with van der Waals surface area (Å²) in [6.07, 6.45) is 4.55. The van der Waals surface area contributed by atoms with E-state index in [1.54, 1.807) is 0 Å². The Balaban J connectivity index is 1.55. The predicted molar refractivity (Wildman–Crippen MR) is 87.1 cm³/mol. The number of halogens is 1. The third-order valence-electron chi connectivity index (χ3n) is 3.92. The van der Waals surface area contributed by atoms with Crippen molar-refractivity contribution < 1.29 is 4.74 Å². The summed E-state index contributed by atoms with van der Waals surface area (Å²) in [6.45, 7) is 0.497. The Labute approximate surface area is 130 Å². The summed E-state index contributed by atoms with van der Waals surface area (Å²) in [7, 11) is 0. The number of nitrogens with two attached hydrogens (primary N) is 1. The Morgan fingerprint density at radius 2 is 1.95 bits per heavy atom. The first kappa shape index (κ1) is 14.4. The van der Waals surface area contributed by atoms with Gasteiger partial charge in [0.05, 0.1) is 0 Å². The maximum absolute atomic E-state index is 6.18. The highest BCUT2D eigenvalue weighted by Gasteiger charge is 2.12. The van der Waals surface area contributed by atoms with Gasteiger partial charge in [-0.05, 0) is 60.6 Å². The van der Waals surface area contributed by atoms with Gasteiger partial charge in [0.15, 0.2) is 0 Å². The van der Waals surface area contributed by atoms with Crippen LogP contribution >= 0.6 is 11.6 Å². The average Bonchev–Trinajstić information content (AvgIpc) is 2.93. The lowest BCUT2D eigenvalue weighted by molar-refractivity contribution is 0.287. The van der Waals surface area contributed by atoms with Crippen molar-refractivity contribution in [2.24, 2.45) is 5.73 Å². The molecule has 21 heavy (non-hydrogen) atoms. The molecule has 2 N–H and O–H groups in total. The lowest BCUT2D eigenvalue weighted by Crippen LogP contribution is -2.30. The second-order valence-corrected chi connectivity index (χ2v) is 6.13. The van der Waals surface area contributed by atoms with Gasteiger partial charge in [-0.2, -0.15) is 0 Å². The van der Waals surface area contributed by atoms with E-state index in [9.17, 15) is 0 Å². The third-order valence-corrected chi connectivity index (χ3v) is 4.16. The van der Waals surface area contributed by atoms with E-state index >= 15 is 0 Å². The summed E-state index contributed by atoms with van der Waals surface area (Å²) in [5.74, 6) is 0.770. The molecule has 110 valence electrons. The number of hydrogen-bond donors (Lipinski definition) is 1. The maximum atomic E-state index is 6.18. The Kier molecular flexibility index (Phi) is 4.47. The van der Waals surface area contributed by atoms with Crippen LogP contribution in [0.25, 0.3) is 0 Å². The Hall–Kier alpha value is -1.51. The molecule has 0 fully saturated rings. The topological polar surface area (TPSA) is 35.2 Å². The molecule has 0 heterocycles. The summed E-state index contributed by atoms with van der Waals surface area (Å²) in [6, 6.07) is 14.2. The van der Waals surface area contributed by atoms with Gasteiger partial charge in [-0.3, -0.25) is 0 Å². The fourth-order valence-electron chi connectivity index (χ4n) is 2.87. The fourth-order valence-corrected chi connectivity index (χ4v) is 3.05. The van der Waals surface area contributed by atoms with Crippen LogP contribution in [-0.2, 0) is 19.3 Å². The van der Waals surface area contributed by atoms with Crippen molar-refractivity contribution in [2.75, 3.05) is 6.61 Å². The molecule has 0 aromatic heterocycles. The van der Waals surface area contributed by atoms with Crippen molar-refractivity contribution in [2.45, 2.75) is 31.7 Å². The standard InChI is InChI=1S/C18H20ClNO/c19-16-5-2-6-18(11-16)21-12-17(20)10-13-7-8-14-3-1-4-15(14)9-13/h2,5-9,11,17H,1,3-4,10,12,20H2. The van der Waals surface area contributed by atoms with Crippen molar-refractivity contribution >= 4 is 11.6 Å². The van der Waals surface area contributed by atoms with Crippen LogP contribution in [0.5, 0.6) is 5.75 Å². The van der Waals surface area contributed by atoms with E-state index in [0.717, 1.165) is 12.2 Å². The molecule has 2 nitrogen and oxygen atoms in total. The van der Waals surface area contributed by atoms with Gasteiger partial charge in [0, 0.05) is 11.1 Å². The molecule has 1 aliphatic carbocycles. The average molecular weight is 302 g/mol. The minimum atomic E-state index is -0.0107. The van der Waals surface area contributed by atoms with Crippen LogP contribution in [0, 0.1) is 0 Å². The molecule has 0 radical (unpaired) electrons. The van der Waals surface area contributed by atoms with Crippen LogP contribution in [0.2, 0.25) is 5.02 Å². The highest BCUT2D eigenvalue weighted by atomic mass is 35.5. The van der Waals surface area contributed by atoms with E-state index in [1.165, 1.54) is 36.0 Å². The molecular weight excluding hydrogens is 282 g/mol. The van der Waals surface area contributed by atoms with Crippen LogP contribution < -0.4 is 10.5 Å². The van der Waals surface area contributed by atoms with E-state index in [1.807, 2.05) is 24.3 Å². The normalized spacial score (nSPS) is 14.8. The number of aryl methyl sites for hydroxylation is 2. The molecule has 3 rings (SSSR count). The molecular formula is C18H20ClNO. The first-order valence-electron chi connectivity index (χ1n) is 7.45. The predicted octanol–water partition coefficient (Wildman–Crippen LogP) is 3.78. The third kappa shape index (κ3) is 3.78. The zero-order valence-corrected chi connectivity index (χ0v) is 12.8. The lowest BCUT2D eigenvalue weighted by Gasteiger charge is -2.14. The molecule has 0 aliphatic heterocycles. The summed E-state index contributed by atoms with van der Waals surface area (Å²) < 4.78 is 5.70. The quantitative estimate of drug-likeness (QED) is 0.912. The molecule has 2 aromatic rings. The minimum Gasteiger partial charge on any atom is -0.492 e. The second kappa shape index (κ2) is 6.50. The van der Waals surface area contributed by atoms with E-state index in [4.69, 9.17) is 22.1 Å². The zero-order chi connectivity index (χ0) is 14.7. The first-order chi connectivity index (χ1) is 10.2. The van der Waals surface area contributed by atoms with Gasteiger partial charge in [-0.1, -0.05) is 35.9 Å². The molecule has 0 saturated carbocycles. The molecule has 0 amide bonds. The van der Waals surface area contributed by atoms with Gasteiger partial charge in [0.2, 0.25) is 0 Å². The molecule has 0 bridgehead atoms. The van der Waals surface area contributed by atoms with Crippen molar-refractivity contribution in [3.63, 3.8) is 0 Å². The number of benzene rings is 2. The molecule has 1 atom stereocenters. The smallest absolute Gasteiger partial charge is 0.120 e. The number of fused-ring (bicyclic) bond motifs is 1. The Bertz CT molecular complexity index is 626. The fraction of sp³-hybridized carbons (Fsp3) is 0.333. The largest absolute Gasteiger partial charge is 0.492 e. The maximum Gasteiger partial charge on any atom is 0.120 e. The summed E-state index contributed by atoms with van der Waals surface area (Å²) in [5.41, 5.74) is 10.5. The van der Waals surface area contributed by atoms with Gasteiger partial charge in [-0.25, -0.2) is 0 Å². The second-order valence-electron chi connectivity index (χ2n) is 5.69. The van der Waals surface area contributed by atoms with Crippen LogP contribution in [0.4, 0.5) is 0 Å². The van der Waals surface area contributed by atoms with Gasteiger partial charge < -0.3 is 10.5 Å². The zero-order valence-electron chi connectivity index (χ0n) is 12.0. The number of rotatable bonds is 5. The van der Waals surface area contributed by atoms with Crippen LogP contribution in [0.3, 0.4) is 0 Å². The van der Waals surface area contributed by atoms with Crippen molar-refractivity contribution in [3.8, 4) is 5.75 Å². The van der Waals surface area contributed by atoms with Crippen LogP contribution in [-0.4, -0.2) is 12.6 Å². The van der Waals surface area contributed by atoms with E-state index in [2.05, 4.69) is 18.2 Å². The monoisotopic (exact) mass is 301 g/mol. The van der Waals surface area contributed by atoms with E-state index in [0.29, 0.717) is 11.6 Å². The molecule has 3 heteroatoms. The highest BCUT2D eigenvalue weighted by molar-refractivity contribution is 6.30. The SMILES string of the molecule is NC(COc1cccc(Cl)c1)Cc1ccc2c(c1)CCC2. The minimum absolute atomic E-state index is 0.0107. The van der Waals surface area contributed by atoms with E-state index < -0.39 is 0 Å². The summed E-state index contributed by atoms with van der Waals surface area (Å²) >= 11 is 5.93. The van der Waals surface area contributed by atoms with Crippen molar-refractivity contribution in [3.05, 3.63) is 64.2 Å². The Morgan fingerprint density at radius 1 is 1.10 bits per heavy atom. The van der Waals surface area contributed by atoms with Gasteiger partial charge >= 0.3 is 0 Å². The number of hydrogen-bond acceptors (Lipinski definition) is 2. The molecule has 1 unspecified atom stereocenters. The van der Waals surface area contributed by atoms with Crippen LogP contribution in [0.15, 0.2) is 42.5 Å². The molecule has 1 aliphatic rings. The van der Waals surface area contributed by atoms with Crippen molar-refractivity contribution in [1.82, 2.24) is 0 Å². The van der Waals surface area contributed by atoms with E-state index in [-0.39, 0.29) is 6.04 Å². The molecule has 0 saturated heterocycles. The highest BCUT2D eigenvalue weighted by Crippen LogP contribution is 2.23.